The van der Waals surface area contributed by atoms with Crippen LogP contribution in [0.2, 0.25) is 10.0 Å². The molecule has 0 radical (unpaired) electrons. The van der Waals surface area contributed by atoms with E-state index in [0.29, 0.717) is 21.7 Å². The summed E-state index contributed by atoms with van der Waals surface area (Å²) >= 11 is 12.1. The van der Waals surface area contributed by atoms with Crippen molar-refractivity contribution < 1.29 is 14.3 Å². The van der Waals surface area contributed by atoms with Gasteiger partial charge in [-0.15, -0.1) is 0 Å². The molecule has 5 nitrogen and oxygen atoms in total. The average molecular weight is 489 g/mol. The number of nitrogens with one attached hydrogen (secondary N) is 1. The molecule has 3 atom stereocenters. The van der Waals surface area contributed by atoms with Crippen molar-refractivity contribution in [3.8, 4) is 5.75 Å². The summed E-state index contributed by atoms with van der Waals surface area (Å²) in [5, 5.41) is 4.22. The van der Waals surface area contributed by atoms with E-state index in [2.05, 4.69) is 23.3 Å². The van der Waals surface area contributed by atoms with Crippen molar-refractivity contribution in [1.29, 1.82) is 0 Å². The number of rotatable bonds is 5. The first-order valence-electron chi connectivity index (χ1n) is 11.5. The second kappa shape index (κ2) is 10.0. The second-order valence-electron chi connectivity index (χ2n) is 9.46. The molecule has 0 spiro atoms. The number of ether oxygens (including phenoxy) is 1. The molecule has 1 N–H and O–H groups in total. The van der Waals surface area contributed by atoms with E-state index in [1.54, 1.807) is 12.1 Å². The number of fused-ring (bicyclic) bond motifs is 1. The number of nitrogens with zero attached hydrogens (tertiary/aromatic N) is 1. The molecular weight excluding hydrogens is 459 g/mol. The second-order valence-corrected chi connectivity index (χ2v) is 10.3. The first kappa shape index (κ1) is 24.1. The smallest absolute Gasteiger partial charge is 0.308 e. The normalized spacial score (nSPS) is 25.2. The molecule has 2 aromatic carbocycles. The number of piperidine rings is 1. The average Bonchev–Trinajstić information content (AvgIpc) is 2.76. The maximum Gasteiger partial charge on any atom is 0.308 e. The maximum absolute atomic E-state index is 12.9. The van der Waals surface area contributed by atoms with Crippen molar-refractivity contribution in [1.82, 2.24) is 10.2 Å². The number of hydrogen-bond donors (Lipinski definition) is 1. The fourth-order valence-corrected chi connectivity index (χ4v) is 5.91. The summed E-state index contributed by atoms with van der Waals surface area (Å²) in [6.45, 7) is 3.45. The van der Waals surface area contributed by atoms with Gasteiger partial charge in [-0.25, -0.2) is 0 Å². The van der Waals surface area contributed by atoms with E-state index in [-0.39, 0.29) is 29.8 Å². The van der Waals surface area contributed by atoms with Crippen LogP contribution in [0.5, 0.6) is 5.75 Å². The Labute approximate surface area is 205 Å². The molecule has 1 saturated carbocycles. The lowest BCUT2D eigenvalue weighted by molar-refractivity contribution is -0.132. The molecule has 1 aliphatic heterocycles. The van der Waals surface area contributed by atoms with E-state index in [0.717, 1.165) is 44.3 Å². The van der Waals surface area contributed by atoms with Crippen LogP contribution in [0.25, 0.3) is 0 Å². The molecule has 1 aliphatic carbocycles. The minimum Gasteiger partial charge on any atom is -0.427 e. The first-order valence-corrected chi connectivity index (χ1v) is 12.2. The van der Waals surface area contributed by atoms with Crippen LogP contribution in [0.4, 0.5) is 0 Å². The summed E-state index contributed by atoms with van der Waals surface area (Å²) in [6, 6.07) is 13.3. The summed E-state index contributed by atoms with van der Waals surface area (Å²) in [6.07, 6.45) is 4.16. The molecule has 2 aliphatic rings. The predicted octanol–water partition coefficient (Wildman–Crippen LogP) is 5.02. The van der Waals surface area contributed by atoms with E-state index in [1.165, 1.54) is 12.5 Å². The number of likely N-dealkylation sites (tertiary alicyclic amines) is 1. The lowest BCUT2D eigenvalue weighted by Crippen LogP contribution is -2.55. The van der Waals surface area contributed by atoms with Crippen LogP contribution in [-0.2, 0) is 21.4 Å². The minimum absolute atomic E-state index is 0.00594. The molecule has 2 fully saturated rings. The number of esters is 1. The van der Waals surface area contributed by atoms with Gasteiger partial charge in [-0.1, -0.05) is 41.4 Å². The summed E-state index contributed by atoms with van der Waals surface area (Å²) in [4.78, 5) is 26.7. The SMILES string of the molecule is CC(=O)Oc1cccc([C@@]23CCN(C)C[C@H]2CC[C@H](NC(=O)Cc2ccc(Cl)c(Cl)c2)C3)c1. The Balaban J connectivity index is 1.53. The van der Waals surface area contributed by atoms with Crippen LogP contribution in [0.3, 0.4) is 0 Å². The zero-order valence-corrected chi connectivity index (χ0v) is 20.6. The van der Waals surface area contributed by atoms with Crippen molar-refractivity contribution in [3.63, 3.8) is 0 Å². The molecular formula is C26H30Cl2N2O3. The maximum atomic E-state index is 12.9. The first-order chi connectivity index (χ1) is 15.7. The summed E-state index contributed by atoms with van der Waals surface area (Å²) in [5.41, 5.74) is 1.99. The van der Waals surface area contributed by atoms with Crippen LogP contribution in [-0.4, -0.2) is 43.0 Å². The Morgan fingerprint density at radius 1 is 1.15 bits per heavy atom. The highest BCUT2D eigenvalue weighted by molar-refractivity contribution is 6.42. The predicted molar refractivity (Wildman–Crippen MR) is 131 cm³/mol. The highest BCUT2D eigenvalue weighted by atomic mass is 35.5. The van der Waals surface area contributed by atoms with Crippen LogP contribution < -0.4 is 10.1 Å². The number of halogens is 2. The molecule has 33 heavy (non-hydrogen) atoms. The Morgan fingerprint density at radius 2 is 1.97 bits per heavy atom. The van der Waals surface area contributed by atoms with Crippen molar-refractivity contribution in [2.75, 3.05) is 20.1 Å². The van der Waals surface area contributed by atoms with Gasteiger partial charge in [0.15, 0.2) is 0 Å². The lowest BCUT2D eigenvalue weighted by atomic mass is 9.58. The number of carbonyl (C=O) groups is 2. The van der Waals surface area contributed by atoms with Crippen molar-refractivity contribution in [2.24, 2.45) is 5.92 Å². The Morgan fingerprint density at radius 3 is 2.73 bits per heavy atom. The summed E-state index contributed by atoms with van der Waals surface area (Å²) < 4.78 is 5.38. The van der Waals surface area contributed by atoms with Gasteiger partial charge < -0.3 is 15.0 Å². The number of amides is 1. The molecule has 1 saturated heterocycles. The highest BCUT2D eigenvalue weighted by Crippen LogP contribution is 2.49. The van der Waals surface area contributed by atoms with Crippen LogP contribution >= 0.6 is 23.2 Å². The molecule has 176 valence electrons. The van der Waals surface area contributed by atoms with Crippen molar-refractivity contribution in [3.05, 3.63) is 63.6 Å². The number of hydrogen-bond acceptors (Lipinski definition) is 4. The molecule has 2 aromatic rings. The zero-order chi connectivity index (χ0) is 23.6. The van der Waals surface area contributed by atoms with Gasteiger partial charge in [0.25, 0.3) is 0 Å². The van der Waals surface area contributed by atoms with Crippen LogP contribution in [0, 0.1) is 5.92 Å². The van der Waals surface area contributed by atoms with Gasteiger partial charge in [-0.2, -0.15) is 0 Å². The van der Waals surface area contributed by atoms with Gasteiger partial charge in [0.2, 0.25) is 5.91 Å². The fraction of sp³-hybridized carbons (Fsp3) is 0.462. The zero-order valence-electron chi connectivity index (χ0n) is 19.1. The monoisotopic (exact) mass is 488 g/mol. The van der Waals surface area contributed by atoms with Crippen molar-refractivity contribution >= 4 is 35.1 Å². The third kappa shape index (κ3) is 5.53. The van der Waals surface area contributed by atoms with Crippen molar-refractivity contribution in [2.45, 2.75) is 50.5 Å². The summed E-state index contributed by atoms with van der Waals surface area (Å²) in [7, 11) is 2.17. The van der Waals surface area contributed by atoms with Crippen LogP contribution in [0.1, 0.15) is 43.7 Å². The van der Waals surface area contributed by atoms with Crippen LogP contribution in [0.15, 0.2) is 42.5 Å². The number of benzene rings is 2. The highest BCUT2D eigenvalue weighted by Gasteiger charge is 2.47. The van der Waals surface area contributed by atoms with Gasteiger partial charge >= 0.3 is 5.97 Å². The van der Waals surface area contributed by atoms with E-state index < -0.39 is 0 Å². The third-order valence-electron chi connectivity index (χ3n) is 7.11. The number of carbonyl (C=O) groups excluding carboxylic acids is 2. The van der Waals surface area contributed by atoms with Gasteiger partial charge in [0.05, 0.1) is 16.5 Å². The topological polar surface area (TPSA) is 58.6 Å². The molecule has 1 heterocycles. The van der Waals surface area contributed by atoms with Gasteiger partial charge in [-0.3, -0.25) is 9.59 Å². The lowest BCUT2D eigenvalue weighted by Gasteiger charge is -2.52. The fourth-order valence-electron chi connectivity index (χ4n) is 5.59. The summed E-state index contributed by atoms with van der Waals surface area (Å²) in [5.74, 6) is 0.749. The van der Waals surface area contributed by atoms with E-state index >= 15 is 0 Å². The quantitative estimate of drug-likeness (QED) is 0.474. The van der Waals surface area contributed by atoms with Gasteiger partial charge in [0, 0.05) is 24.9 Å². The third-order valence-corrected chi connectivity index (χ3v) is 7.85. The Kier molecular flexibility index (Phi) is 7.32. The molecule has 0 bridgehead atoms. The van der Waals surface area contributed by atoms with E-state index in [1.807, 2.05) is 24.3 Å². The van der Waals surface area contributed by atoms with Gasteiger partial charge in [-0.05, 0) is 80.6 Å². The molecule has 4 rings (SSSR count). The van der Waals surface area contributed by atoms with E-state index in [4.69, 9.17) is 27.9 Å². The minimum atomic E-state index is -0.319. The largest absolute Gasteiger partial charge is 0.427 e. The Hall–Kier alpha value is -2.08. The molecule has 0 unspecified atom stereocenters. The standard InChI is InChI=1S/C26H30Cl2N2O3/c1-17(31)33-22-5-3-4-19(14-22)26-10-11-30(2)16-20(26)7-8-21(15-26)29-25(32)13-18-6-9-23(27)24(28)12-18/h3-6,9,12,14,20-21H,7-8,10-11,13,15-16H2,1-2H3,(H,29,32)/t20-,21+,26+/m1/s1. The molecule has 7 heteroatoms. The van der Waals surface area contributed by atoms with E-state index in [9.17, 15) is 9.59 Å². The molecule has 1 amide bonds. The Bertz CT molecular complexity index is 1040. The molecule has 0 aromatic heterocycles. The van der Waals surface area contributed by atoms with Gasteiger partial charge in [0.1, 0.15) is 5.75 Å².